The van der Waals surface area contributed by atoms with Crippen LogP contribution in [0.15, 0.2) is 60.8 Å². The summed E-state index contributed by atoms with van der Waals surface area (Å²) >= 11 is 6.03. The van der Waals surface area contributed by atoms with E-state index in [1.54, 1.807) is 41.2 Å². The molecule has 7 nitrogen and oxygen atoms in total. The van der Waals surface area contributed by atoms with Crippen molar-refractivity contribution in [3.63, 3.8) is 0 Å². The molecule has 1 aromatic heterocycles. The van der Waals surface area contributed by atoms with Crippen LogP contribution in [0.3, 0.4) is 0 Å². The highest BCUT2D eigenvalue weighted by Crippen LogP contribution is 2.36. The molecule has 152 valence electrons. The monoisotopic (exact) mass is 433 g/mol. The number of carbonyl (C=O) groups is 1. The number of hydrogen-bond donors (Lipinski definition) is 2. The van der Waals surface area contributed by atoms with Crippen molar-refractivity contribution in [1.29, 1.82) is 0 Å². The average Bonchev–Trinajstić information content (AvgIpc) is 3.08. The minimum atomic E-state index is -3.47. The number of rotatable bonds is 7. The van der Waals surface area contributed by atoms with Gasteiger partial charge >= 0.3 is 5.97 Å². The number of aliphatic carboxylic acids is 1. The second kappa shape index (κ2) is 7.88. The van der Waals surface area contributed by atoms with E-state index in [2.05, 4.69) is 9.82 Å². The van der Waals surface area contributed by atoms with Gasteiger partial charge < -0.3 is 5.11 Å². The van der Waals surface area contributed by atoms with Crippen LogP contribution in [0.5, 0.6) is 0 Å². The molecule has 0 saturated heterocycles. The van der Waals surface area contributed by atoms with Gasteiger partial charge in [-0.15, -0.1) is 0 Å². The first kappa shape index (κ1) is 20.9. The SMILES string of the molecule is CCC(C=CC(=O)O)(c1ccc(Cl)cc1)n1ncc2c(NS(C)(=O)=O)cccc21. The van der Waals surface area contributed by atoms with E-state index in [9.17, 15) is 18.3 Å². The highest BCUT2D eigenvalue weighted by Gasteiger charge is 2.32. The lowest BCUT2D eigenvalue weighted by Crippen LogP contribution is -2.33. The number of sulfonamides is 1. The van der Waals surface area contributed by atoms with E-state index < -0.39 is 21.5 Å². The molecule has 0 saturated carbocycles. The second-order valence-electron chi connectivity index (χ2n) is 6.63. The molecule has 1 unspecified atom stereocenters. The summed E-state index contributed by atoms with van der Waals surface area (Å²) in [5.41, 5.74) is 0.951. The lowest BCUT2D eigenvalue weighted by atomic mass is 9.86. The summed E-state index contributed by atoms with van der Waals surface area (Å²) in [6, 6.07) is 12.3. The van der Waals surface area contributed by atoms with Crippen LogP contribution in [0.2, 0.25) is 5.02 Å². The van der Waals surface area contributed by atoms with Crippen LogP contribution in [0, 0.1) is 0 Å². The number of nitrogens with zero attached hydrogens (tertiary/aromatic N) is 2. The molecular formula is C20H20ClN3O4S. The molecule has 0 spiro atoms. The van der Waals surface area contributed by atoms with Crippen LogP contribution in [-0.2, 0) is 20.4 Å². The van der Waals surface area contributed by atoms with Crippen molar-refractivity contribution in [2.45, 2.75) is 18.9 Å². The van der Waals surface area contributed by atoms with Gasteiger partial charge in [0, 0.05) is 16.5 Å². The van der Waals surface area contributed by atoms with Crippen LogP contribution in [-0.4, -0.2) is 35.5 Å². The predicted octanol–water partition coefficient (Wildman–Crippen LogP) is 3.86. The molecule has 29 heavy (non-hydrogen) atoms. The van der Waals surface area contributed by atoms with E-state index in [4.69, 9.17) is 11.6 Å². The summed E-state index contributed by atoms with van der Waals surface area (Å²) in [7, 11) is -3.47. The predicted molar refractivity (Wildman–Crippen MR) is 114 cm³/mol. The van der Waals surface area contributed by atoms with Gasteiger partial charge in [-0.05, 0) is 42.3 Å². The molecule has 1 atom stereocenters. The number of halogens is 1. The van der Waals surface area contributed by atoms with Crippen molar-refractivity contribution in [2.75, 3.05) is 11.0 Å². The zero-order valence-electron chi connectivity index (χ0n) is 15.8. The average molecular weight is 434 g/mol. The van der Waals surface area contributed by atoms with Crippen LogP contribution in [0.4, 0.5) is 5.69 Å². The Bertz CT molecular complexity index is 1190. The number of fused-ring (bicyclic) bond motifs is 1. The molecule has 0 amide bonds. The molecule has 0 aliphatic rings. The number of aromatic nitrogens is 2. The second-order valence-corrected chi connectivity index (χ2v) is 8.81. The Morgan fingerprint density at radius 2 is 1.97 bits per heavy atom. The fourth-order valence-corrected chi connectivity index (χ4v) is 4.07. The standard InChI is InChI=1S/C20H20ClN3O4S/c1-3-20(12-11-19(25)26,14-7-9-15(21)10-8-14)24-18-6-4-5-17(16(18)13-22-24)23-29(2,27)28/h4-13,23H,3H2,1-2H3,(H,25,26). The van der Waals surface area contributed by atoms with Crippen molar-refractivity contribution in [3.8, 4) is 0 Å². The maximum absolute atomic E-state index is 11.7. The summed E-state index contributed by atoms with van der Waals surface area (Å²) < 4.78 is 27.6. The van der Waals surface area contributed by atoms with Gasteiger partial charge in [-0.1, -0.05) is 36.7 Å². The Labute approximate surface area is 173 Å². The van der Waals surface area contributed by atoms with Crippen LogP contribution < -0.4 is 4.72 Å². The topological polar surface area (TPSA) is 101 Å². The fraction of sp³-hybridized carbons (Fsp3) is 0.200. The molecule has 9 heteroatoms. The number of hydrogen-bond acceptors (Lipinski definition) is 4. The van der Waals surface area contributed by atoms with Crippen molar-refractivity contribution in [3.05, 3.63) is 71.4 Å². The molecule has 3 aromatic rings. The molecule has 0 radical (unpaired) electrons. The Balaban J connectivity index is 2.28. The third-order valence-electron chi connectivity index (χ3n) is 4.67. The number of carboxylic acid groups (broad SMARTS) is 1. The van der Waals surface area contributed by atoms with Gasteiger partial charge in [0.05, 0.1) is 23.7 Å². The zero-order valence-corrected chi connectivity index (χ0v) is 17.4. The lowest BCUT2D eigenvalue weighted by Gasteiger charge is -2.31. The van der Waals surface area contributed by atoms with E-state index in [-0.39, 0.29) is 0 Å². The highest BCUT2D eigenvalue weighted by molar-refractivity contribution is 7.92. The van der Waals surface area contributed by atoms with Gasteiger partial charge in [0.25, 0.3) is 0 Å². The van der Waals surface area contributed by atoms with Gasteiger partial charge in [-0.3, -0.25) is 9.40 Å². The molecule has 0 fully saturated rings. The molecular weight excluding hydrogens is 414 g/mol. The van der Waals surface area contributed by atoms with Crippen molar-refractivity contribution in [2.24, 2.45) is 0 Å². The Hall–Kier alpha value is -2.84. The molecule has 2 aromatic carbocycles. The number of carboxylic acids is 1. The summed E-state index contributed by atoms with van der Waals surface area (Å²) in [6.07, 6.45) is 5.82. The lowest BCUT2D eigenvalue weighted by molar-refractivity contribution is -0.131. The number of benzene rings is 2. The third kappa shape index (κ3) is 4.28. The maximum Gasteiger partial charge on any atom is 0.328 e. The Morgan fingerprint density at radius 1 is 1.28 bits per heavy atom. The summed E-state index contributed by atoms with van der Waals surface area (Å²) in [5.74, 6) is -1.08. The summed E-state index contributed by atoms with van der Waals surface area (Å²) in [4.78, 5) is 11.3. The van der Waals surface area contributed by atoms with E-state index in [0.29, 0.717) is 28.0 Å². The van der Waals surface area contributed by atoms with Crippen LogP contribution >= 0.6 is 11.6 Å². The van der Waals surface area contributed by atoms with Gasteiger partial charge in [0.2, 0.25) is 10.0 Å². The van der Waals surface area contributed by atoms with E-state index in [0.717, 1.165) is 17.9 Å². The van der Waals surface area contributed by atoms with Crippen LogP contribution in [0.25, 0.3) is 10.9 Å². The van der Waals surface area contributed by atoms with E-state index in [1.807, 2.05) is 25.1 Å². The van der Waals surface area contributed by atoms with Gasteiger partial charge in [-0.25, -0.2) is 13.2 Å². The van der Waals surface area contributed by atoms with Crippen molar-refractivity contribution >= 4 is 44.2 Å². The first-order chi connectivity index (χ1) is 13.7. The van der Waals surface area contributed by atoms with E-state index in [1.165, 1.54) is 0 Å². The number of nitrogens with one attached hydrogen (secondary N) is 1. The van der Waals surface area contributed by atoms with Crippen molar-refractivity contribution in [1.82, 2.24) is 9.78 Å². The van der Waals surface area contributed by atoms with Crippen LogP contribution in [0.1, 0.15) is 18.9 Å². The van der Waals surface area contributed by atoms with Gasteiger partial charge in [-0.2, -0.15) is 5.10 Å². The number of allylic oxidation sites excluding steroid dienone is 1. The normalized spacial score (nSPS) is 14.2. The zero-order chi connectivity index (χ0) is 21.2. The largest absolute Gasteiger partial charge is 0.478 e. The van der Waals surface area contributed by atoms with Crippen molar-refractivity contribution < 1.29 is 18.3 Å². The Kier molecular flexibility index (Phi) is 5.68. The first-order valence-electron chi connectivity index (χ1n) is 8.79. The molecule has 1 heterocycles. The maximum atomic E-state index is 11.7. The Morgan fingerprint density at radius 3 is 2.55 bits per heavy atom. The minimum absolute atomic E-state index is 0.402. The quantitative estimate of drug-likeness (QED) is 0.551. The smallest absolute Gasteiger partial charge is 0.328 e. The van der Waals surface area contributed by atoms with E-state index >= 15 is 0 Å². The molecule has 0 aliphatic carbocycles. The minimum Gasteiger partial charge on any atom is -0.478 e. The van der Waals surface area contributed by atoms with Gasteiger partial charge in [0.1, 0.15) is 5.54 Å². The molecule has 2 N–H and O–H groups in total. The highest BCUT2D eigenvalue weighted by atomic mass is 35.5. The van der Waals surface area contributed by atoms with Gasteiger partial charge in [0.15, 0.2) is 0 Å². The molecule has 0 bridgehead atoms. The third-order valence-corrected chi connectivity index (χ3v) is 5.51. The fourth-order valence-electron chi connectivity index (χ4n) is 3.37. The molecule has 3 rings (SSSR count). The first-order valence-corrected chi connectivity index (χ1v) is 11.1. The summed E-state index contributed by atoms with van der Waals surface area (Å²) in [6.45, 7) is 1.92. The summed E-state index contributed by atoms with van der Waals surface area (Å²) in [5, 5.41) is 14.9. The molecule has 0 aliphatic heterocycles. The number of anilines is 1.